The lowest BCUT2D eigenvalue weighted by Crippen LogP contribution is -2.35. The molecule has 15 heavy (non-hydrogen) atoms. The third-order valence-corrected chi connectivity index (χ3v) is 3.22. The highest BCUT2D eigenvalue weighted by atomic mass is 16.3. The highest BCUT2D eigenvalue weighted by Gasteiger charge is 2.32. The number of carbonyl (C=O) groups is 1. The molecule has 82 valence electrons. The summed E-state index contributed by atoms with van der Waals surface area (Å²) in [5.41, 5.74) is 0.690. The maximum absolute atomic E-state index is 11.7. The summed E-state index contributed by atoms with van der Waals surface area (Å²) in [6, 6.07) is 0. The van der Waals surface area contributed by atoms with Gasteiger partial charge in [0.2, 0.25) is 0 Å². The van der Waals surface area contributed by atoms with Crippen LogP contribution < -0.4 is 0 Å². The predicted octanol–water partition coefficient (Wildman–Crippen LogP) is 0.964. The van der Waals surface area contributed by atoms with E-state index < -0.39 is 12.2 Å². The van der Waals surface area contributed by atoms with Gasteiger partial charge >= 0.3 is 0 Å². The molecular weight excluding hydrogens is 192 g/mol. The van der Waals surface area contributed by atoms with E-state index in [1.807, 2.05) is 0 Å². The van der Waals surface area contributed by atoms with Gasteiger partial charge in [-0.1, -0.05) is 24.6 Å². The first-order chi connectivity index (χ1) is 7.20. The highest BCUT2D eigenvalue weighted by molar-refractivity contribution is 5.84. The quantitative estimate of drug-likeness (QED) is 0.675. The summed E-state index contributed by atoms with van der Waals surface area (Å²) in [6.07, 6.45) is 6.66. The Balaban J connectivity index is 2.18. The zero-order valence-electron chi connectivity index (χ0n) is 8.60. The van der Waals surface area contributed by atoms with Gasteiger partial charge in [-0.25, -0.2) is 0 Å². The number of hydrogen-bond acceptors (Lipinski definition) is 3. The third-order valence-electron chi connectivity index (χ3n) is 3.22. The van der Waals surface area contributed by atoms with E-state index in [0.29, 0.717) is 12.0 Å². The fourth-order valence-corrected chi connectivity index (χ4v) is 2.34. The van der Waals surface area contributed by atoms with Crippen molar-refractivity contribution in [2.45, 2.75) is 37.9 Å². The summed E-state index contributed by atoms with van der Waals surface area (Å²) in [4.78, 5) is 11.7. The number of allylic oxidation sites excluding steroid dienone is 2. The van der Waals surface area contributed by atoms with Crippen LogP contribution in [0.15, 0.2) is 23.8 Å². The third kappa shape index (κ3) is 2.03. The van der Waals surface area contributed by atoms with Gasteiger partial charge in [0.25, 0.3) is 0 Å². The fraction of sp³-hybridized carbons (Fsp3) is 0.583. The minimum Gasteiger partial charge on any atom is -0.386 e. The molecule has 0 radical (unpaired) electrons. The van der Waals surface area contributed by atoms with E-state index in [2.05, 4.69) is 0 Å². The molecule has 1 saturated carbocycles. The lowest BCUT2D eigenvalue weighted by molar-refractivity contribution is -0.123. The lowest BCUT2D eigenvalue weighted by atomic mass is 9.78. The van der Waals surface area contributed by atoms with Crippen LogP contribution in [0.5, 0.6) is 0 Å². The molecule has 2 aliphatic rings. The molecule has 2 rings (SSSR count). The Bertz CT molecular complexity index is 317. The monoisotopic (exact) mass is 208 g/mol. The van der Waals surface area contributed by atoms with Crippen LogP contribution >= 0.6 is 0 Å². The molecule has 1 unspecified atom stereocenters. The molecule has 0 aromatic carbocycles. The normalized spacial score (nSPS) is 36.5. The van der Waals surface area contributed by atoms with Crippen LogP contribution in [-0.2, 0) is 4.79 Å². The van der Waals surface area contributed by atoms with Gasteiger partial charge in [0.1, 0.15) is 18.0 Å². The van der Waals surface area contributed by atoms with Crippen molar-refractivity contribution < 1.29 is 15.0 Å². The van der Waals surface area contributed by atoms with E-state index in [9.17, 15) is 15.0 Å². The Morgan fingerprint density at radius 2 is 2.07 bits per heavy atom. The lowest BCUT2D eigenvalue weighted by Gasteiger charge is -2.29. The van der Waals surface area contributed by atoms with Crippen molar-refractivity contribution in [3.05, 3.63) is 23.8 Å². The number of Topliss-reactive ketones (excluding diaryl/α,β-unsaturated/α-hetero) is 1. The minimum absolute atomic E-state index is 0.173. The molecule has 0 aromatic rings. The minimum atomic E-state index is -0.901. The van der Waals surface area contributed by atoms with Crippen LogP contribution in [0.25, 0.3) is 0 Å². The molecule has 0 amide bonds. The molecule has 0 aromatic heterocycles. The van der Waals surface area contributed by atoms with Crippen LogP contribution in [-0.4, -0.2) is 28.2 Å². The van der Waals surface area contributed by atoms with Gasteiger partial charge in [0, 0.05) is 12.3 Å². The Hall–Kier alpha value is -0.930. The molecule has 3 atom stereocenters. The average Bonchev–Trinajstić information content (AvgIpc) is 2.23. The summed E-state index contributed by atoms with van der Waals surface area (Å²) in [5, 5.41) is 19.3. The van der Waals surface area contributed by atoms with E-state index in [0.717, 1.165) is 19.3 Å². The van der Waals surface area contributed by atoms with Crippen LogP contribution in [0.2, 0.25) is 0 Å². The second kappa shape index (κ2) is 4.29. The standard InChI is InChI=1S/C12H16O3/c13-10-6-2-1-4-8(10)9-5-3-7-11(14)12(9)15/h3,5,7-8,11-12,14-15H,1-2,4,6H2/t8?,11-,12+/m0/s1. The summed E-state index contributed by atoms with van der Waals surface area (Å²) < 4.78 is 0. The molecular formula is C12H16O3. The van der Waals surface area contributed by atoms with Crippen molar-refractivity contribution in [1.29, 1.82) is 0 Å². The SMILES string of the molecule is O=C1CCCCC1C1=CC=C[C@H](O)[C@@H]1O. The van der Waals surface area contributed by atoms with Crippen molar-refractivity contribution >= 4 is 5.78 Å². The van der Waals surface area contributed by atoms with Crippen LogP contribution in [0.3, 0.4) is 0 Å². The van der Waals surface area contributed by atoms with Gasteiger partial charge in [-0.2, -0.15) is 0 Å². The van der Waals surface area contributed by atoms with Crippen molar-refractivity contribution in [3.63, 3.8) is 0 Å². The predicted molar refractivity (Wildman–Crippen MR) is 56.2 cm³/mol. The van der Waals surface area contributed by atoms with Gasteiger partial charge in [0.05, 0.1) is 0 Å². The number of aliphatic hydroxyl groups excluding tert-OH is 2. The molecule has 0 heterocycles. The van der Waals surface area contributed by atoms with E-state index in [1.165, 1.54) is 0 Å². The number of carbonyl (C=O) groups excluding carboxylic acids is 1. The van der Waals surface area contributed by atoms with Crippen molar-refractivity contribution in [2.24, 2.45) is 5.92 Å². The van der Waals surface area contributed by atoms with Crippen LogP contribution in [0.1, 0.15) is 25.7 Å². The molecule has 3 nitrogen and oxygen atoms in total. The first kappa shape index (κ1) is 10.6. The molecule has 0 spiro atoms. The van der Waals surface area contributed by atoms with E-state index in [1.54, 1.807) is 18.2 Å². The zero-order chi connectivity index (χ0) is 10.8. The maximum Gasteiger partial charge on any atom is 0.140 e. The second-order valence-corrected chi connectivity index (χ2v) is 4.25. The summed E-state index contributed by atoms with van der Waals surface area (Å²) in [6.45, 7) is 0. The largest absolute Gasteiger partial charge is 0.386 e. The van der Waals surface area contributed by atoms with Gasteiger partial charge in [-0.3, -0.25) is 4.79 Å². The van der Waals surface area contributed by atoms with Gasteiger partial charge in [-0.05, 0) is 18.4 Å². The first-order valence-corrected chi connectivity index (χ1v) is 5.47. The van der Waals surface area contributed by atoms with E-state index >= 15 is 0 Å². The van der Waals surface area contributed by atoms with E-state index in [4.69, 9.17) is 0 Å². The van der Waals surface area contributed by atoms with Gasteiger partial charge < -0.3 is 10.2 Å². The zero-order valence-corrected chi connectivity index (χ0v) is 8.60. The smallest absolute Gasteiger partial charge is 0.140 e. The van der Waals surface area contributed by atoms with Crippen molar-refractivity contribution in [3.8, 4) is 0 Å². The Labute approximate surface area is 89.1 Å². The average molecular weight is 208 g/mol. The Morgan fingerprint density at radius 1 is 1.27 bits per heavy atom. The molecule has 2 N–H and O–H groups in total. The number of hydrogen-bond donors (Lipinski definition) is 2. The Morgan fingerprint density at radius 3 is 2.80 bits per heavy atom. The maximum atomic E-state index is 11.7. The molecule has 0 aliphatic heterocycles. The van der Waals surface area contributed by atoms with Crippen molar-refractivity contribution in [2.75, 3.05) is 0 Å². The molecule has 0 bridgehead atoms. The van der Waals surface area contributed by atoms with E-state index in [-0.39, 0.29) is 11.7 Å². The van der Waals surface area contributed by atoms with Gasteiger partial charge in [-0.15, -0.1) is 0 Å². The summed E-state index contributed by atoms with van der Waals surface area (Å²) >= 11 is 0. The summed E-state index contributed by atoms with van der Waals surface area (Å²) in [5.74, 6) is 0.0300. The van der Waals surface area contributed by atoms with Crippen LogP contribution in [0, 0.1) is 5.92 Å². The number of aliphatic hydroxyl groups is 2. The molecule has 3 heteroatoms. The Kier molecular flexibility index (Phi) is 3.03. The second-order valence-electron chi connectivity index (χ2n) is 4.25. The van der Waals surface area contributed by atoms with Gasteiger partial charge in [0.15, 0.2) is 0 Å². The first-order valence-electron chi connectivity index (χ1n) is 5.47. The van der Waals surface area contributed by atoms with Crippen LogP contribution in [0.4, 0.5) is 0 Å². The molecule has 1 fully saturated rings. The summed E-state index contributed by atoms with van der Waals surface area (Å²) in [7, 11) is 0. The number of ketones is 1. The molecule has 2 aliphatic carbocycles. The highest BCUT2D eigenvalue weighted by Crippen LogP contribution is 2.31. The van der Waals surface area contributed by atoms with Crippen molar-refractivity contribution in [1.82, 2.24) is 0 Å². The molecule has 0 saturated heterocycles. The fourth-order valence-electron chi connectivity index (χ4n) is 2.34. The number of rotatable bonds is 1. The topological polar surface area (TPSA) is 57.5 Å².